The molecular formula is C22H28N6O2. The number of aromatic nitrogens is 1. The first-order chi connectivity index (χ1) is 14.5. The molecule has 0 spiro atoms. The molecule has 1 aromatic heterocycles. The smallest absolute Gasteiger partial charge is 0.317 e. The van der Waals surface area contributed by atoms with Crippen molar-refractivity contribution in [2.45, 2.75) is 20.8 Å². The Bertz CT molecular complexity index is 952. The molecule has 0 unspecified atom stereocenters. The molecule has 0 radical (unpaired) electrons. The predicted molar refractivity (Wildman–Crippen MR) is 116 cm³/mol. The molecule has 2 heterocycles. The zero-order valence-electron chi connectivity index (χ0n) is 17.7. The molecule has 1 aromatic carbocycles. The van der Waals surface area contributed by atoms with Crippen LogP contribution in [-0.2, 0) is 4.79 Å². The summed E-state index contributed by atoms with van der Waals surface area (Å²) in [6.45, 7) is 8.98. The van der Waals surface area contributed by atoms with Crippen LogP contribution in [0.5, 0.6) is 0 Å². The average molecular weight is 409 g/mol. The van der Waals surface area contributed by atoms with Crippen molar-refractivity contribution in [3.63, 3.8) is 0 Å². The second-order valence-electron chi connectivity index (χ2n) is 7.36. The van der Waals surface area contributed by atoms with E-state index in [0.29, 0.717) is 44.1 Å². The average Bonchev–Trinajstić information content (AvgIpc) is 2.98. The molecule has 1 fully saturated rings. The maximum atomic E-state index is 12.8. The number of urea groups is 1. The van der Waals surface area contributed by atoms with E-state index in [2.05, 4.69) is 16.7 Å². The summed E-state index contributed by atoms with van der Waals surface area (Å²) < 4.78 is 1.92. The first-order valence-corrected chi connectivity index (χ1v) is 10.2. The molecule has 2 N–H and O–H groups in total. The van der Waals surface area contributed by atoms with Crippen LogP contribution in [0.25, 0.3) is 5.69 Å². The maximum absolute atomic E-state index is 12.8. The third-order valence-electron chi connectivity index (χ3n) is 5.45. The van der Waals surface area contributed by atoms with E-state index < -0.39 is 0 Å². The van der Waals surface area contributed by atoms with Gasteiger partial charge in [0.2, 0.25) is 5.91 Å². The monoisotopic (exact) mass is 408 g/mol. The van der Waals surface area contributed by atoms with Gasteiger partial charge in [0.15, 0.2) is 0 Å². The van der Waals surface area contributed by atoms with Gasteiger partial charge in [0.25, 0.3) is 0 Å². The molecular weight excluding hydrogens is 380 g/mol. The molecule has 2 aromatic rings. The number of rotatable bonds is 5. The Balaban J connectivity index is 1.71. The van der Waals surface area contributed by atoms with E-state index in [9.17, 15) is 14.9 Å². The Morgan fingerprint density at radius 2 is 1.77 bits per heavy atom. The molecule has 0 saturated carbocycles. The summed E-state index contributed by atoms with van der Waals surface area (Å²) >= 11 is 0. The van der Waals surface area contributed by atoms with Gasteiger partial charge in [0, 0.05) is 44.1 Å². The summed E-state index contributed by atoms with van der Waals surface area (Å²) in [7, 11) is 0. The number of nitriles is 1. The lowest BCUT2D eigenvalue weighted by molar-refractivity contribution is -0.117. The van der Waals surface area contributed by atoms with Crippen molar-refractivity contribution in [1.82, 2.24) is 19.7 Å². The van der Waals surface area contributed by atoms with Crippen molar-refractivity contribution >= 4 is 17.8 Å². The SMILES string of the molecule is CCNC(=O)N1CCN(CC(=O)Nc2c(C#N)c(C)c(C)n2-c2ccccc2)CC1. The summed E-state index contributed by atoms with van der Waals surface area (Å²) in [4.78, 5) is 28.5. The van der Waals surface area contributed by atoms with E-state index in [1.54, 1.807) is 4.90 Å². The molecule has 0 bridgehead atoms. The van der Waals surface area contributed by atoms with E-state index in [0.717, 1.165) is 16.9 Å². The highest BCUT2D eigenvalue weighted by Crippen LogP contribution is 2.29. The van der Waals surface area contributed by atoms with Gasteiger partial charge >= 0.3 is 6.03 Å². The highest BCUT2D eigenvalue weighted by atomic mass is 16.2. The number of anilines is 1. The molecule has 3 amide bonds. The summed E-state index contributed by atoms with van der Waals surface area (Å²) in [6.07, 6.45) is 0. The van der Waals surface area contributed by atoms with Crippen molar-refractivity contribution in [2.24, 2.45) is 0 Å². The minimum Gasteiger partial charge on any atom is -0.338 e. The zero-order valence-corrected chi connectivity index (χ0v) is 17.7. The number of nitrogens with zero attached hydrogens (tertiary/aromatic N) is 4. The second kappa shape index (κ2) is 9.46. The Morgan fingerprint density at radius 3 is 2.37 bits per heavy atom. The van der Waals surface area contributed by atoms with Gasteiger partial charge in [-0.25, -0.2) is 4.79 Å². The molecule has 1 aliphatic rings. The fourth-order valence-electron chi connectivity index (χ4n) is 3.71. The number of hydrogen-bond donors (Lipinski definition) is 2. The van der Waals surface area contributed by atoms with Gasteiger partial charge in [0.1, 0.15) is 11.9 Å². The van der Waals surface area contributed by atoms with Crippen LogP contribution in [0, 0.1) is 25.2 Å². The third kappa shape index (κ3) is 4.47. The quantitative estimate of drug-likeness (QED) is 0.794. The predicted octanol–water partition coefficient (Wildman–Crippen LogP) is 2.25. The number of carbonyl (C=O) groups excluding carboxylic acids is 2. The lowest BCUT2D eigenvalue weighted by Gasteiger charge is -2.34. The highest BCUT2D eigenvalue weighted by Gasteiger charge is 2.24. The summed E-state index contributed by atoms with van der Waals surface area (Å²) in [5, 5.41) is 15.4. The van der Waals surface area contributed by atoms with Gasteiger partial charge in [-0.1, -0.05) is 18.2 Å². The van der Waals surface area contributed by atoms with Gasteiger partial charge in [-0.15, -0.1) is 0 Å². The Hall–Kier alpha value is -3.31. The molecule has 1 saturated heterocycles. The summed E-state index contributed by atoms with van der Waals surface area (Å²) in [6, 6.07) is 11.8. The Labute approximate surface area is 177 Å². The normalized spacial score (nSPS) is 14.3. The van der Waals surface area contributed by atoms with Crippen LogP contribution in [0.3, 0.4) is 0 Å². The van der Waals surface area contributed by atoms with Crippen molar-refractivity contribution in [1.29, 1.82) is 5.26 Å². The van der Waals surface area contributed by atoms with E-state index in [1.807, 2.05) is 60.6 Å². The number of para-hydroxylation sites is 1. The van der Waals surface area contributed by atoms with Gasteiger partial charge in [0.05, 0.1) is 12.1 Å². The molecule has 8 heteroatoms. The van der Waals surface area contributed by atoms with E-state index >= 15 is 0 Å². The Morgan fingerprint density at radius 1 is 1.10 bits per heavy atom. The van der Waals surface area contributed by atoms with Crippen LogP contribution >= 0.6 is 0 Å². The zero-order chi connectivity index (χ0) is 21.7. The van der Waals surface area contributed by atoms with Crippen LogP contribution in [0.4, 0.5) is 10.6 Å². The van der Waals surface area contributed by atoms with E-state index in [4.69, 9.17) is 0 Å². The number of nitrogens with one attached hydrogen (secondary N) is 2. The fourth-order valence-corrected chi connectivity index (χ4v) is 3.71. The lowest BCUT2D eigenvalue weighted by atomic mass is 10.2. The molecule has 158 valence electrons. The van der Waals surface area contributed by atoms with E-state index in [1.165, 1.54) is 0 Å². The van der Waals surface area contributed by atoms with Gasteiger partial charge in [-0.05, 0) is 38.5 Å². The van der Waals surface area contributed by atoms with Gasteiger partial charge in [-0.3, -0.25) is 14.3 Å². The van der Waals surface area contributed by atoms with Crippen molar-refractivity contribution in [3.8, 4) is 11.8 Å². The summed E-state index contributed by atoms with van der Waals surface area (Å²) in [5.41, 5.74) is 3.15. The van der Waals surface area contributed by atoms with Crippen LogP contribution in [0.15, 0.2) is 30.3 Å². The number of hydrogen-bond acceptors (Lipinski definition) is 4. The van der Waals surface area contributed by atoms with Crippen LogP contribution < -0.4 is 10.6 Å². The van der Waals surface area contributed by atoms with Crippen LogP contribution in [0.1, 0.15) is 23.7 Å². The highest BCUT2D eigenvalue weighted by molar-refractivity contribution is 5.93. The van der Waals surface area contributed by atoms with Gasteiger partial charge < -0.3 is 15.5 Å². The minimum absolute atomic E-state index is 0.0631. The standard InChI is InChI=1S/C22H28N6O2/c1-4-24-22(30)27-12-10-26(11-13-27)15-20(29)25-21-19(14-23)16(2)17(3)28(21)18-8-6-5-7-9-18/h5-9H,4,10-13,15H2,1-3H3,(H,24,30)(H,25,29). The van der Waals surface area contributed by atoms with Crippen molar-refractivity contribution in [3.05, 3.63) is 47.2 Å². The lowest BCUT2D eigenvalue weighted by Crippen LogP contribution is -2.53. The number of piperazine rings is 1. The van der Waals surface area contributed by atoms with Gasteiger partial charge in [-0.2, -0.15) is 5.26 Å². The largest absolute Gasteiger partial charge is 0.338 e. The van der Waals surface area contributed by atoms with Crippen molar-refractivity contribution < 1.29 is 9.59 Å². The molecule has 30 heavy (non-hydrogen) atoms. The maximum Gasteiger partial charge on any atom is 0.317 e. The molecule has 0 atom stereocenters. The molecule has 3 rings (SSSR count). The molecule has 0 aliphatic carbocycles. The number of benzene rings is 1. The number of carbonyl (C=O) groups is 2. The Kier molecular flexibility index (Phi) is 6.75. The first-order valence-electron chi connectivity index (χ1n) is 10.2. The first kappa shape index (κ1) is 21.4. The molecule has 1 aliphatic heterocycles. The van der Waals surface area contributed by atoms with E-state index in [-0.39, 0.29) is 18.5 Å². The van der Waals surface area contributed by atoms with Crippen LogP contribution in [0.2, 0.25) is 0 Å². The topological polar surface area (TPSA) is 93.4 Å². The van der Waals surface area contributed by atoms with Crippen LogP contribution in [-0.4, -0.2) is 65.6 Å². The number of amides is 3. The van der Waals surface area contributed by atoms with Crippen molar-refractivity contribution in [2.75, 3.05) is 44.6 Å². The minimum atomic E-state index is -0.173. The molecule has 8 nitrogen and oxygen atoms in total. The third-order valence-corrected chi connectivity index (χ3v) is 5.45. The summed E-state index contributed by atoms with van der Waals surface area (Å²) in [5.74, 6) is 0.331. The second-order valence-corrected chi connectivity index (χ2v) is 7.36. The fraction of sp³-hybridized carbons (Fsp3) is 0.409.